The number of aryl methyl sites for hydroxylation is 1. The van der Waals surface area contributed by atoms with Gasteiger partial charge in [-0.25, -0.2) is 42.8 Å². The van der Waals surface area contributed by atoms with Crippen LogP contribution in [0.1, 0.15) is 32.5 Å². The molecule has 0 aliphatic carbocycles. The average Bonchev–Trinajstić information content (AvgIpc) is 3.99. The number of aromatic amines is 2. The Hall–Kier alpha value is -5.15. The number of phosphoric acid groups is 4. The molecule has 10 heterocycles. The standard InChI is InChI=1S/C36H49N15O24P4/c1-13(2)69-22-15(71-31(20(22)53)50-11-43-17-27(50)44-34(38)46-29(17)54)6-66-76(56,57)73-24-23-33(49-10-42-16-25(37)40-9-41-26(16)49)72-36(24,7-65-23)8-68-78(60,61)75-79(62,63)74-77(58,59)67-5-14-21(64-4)19(52)32(70-14)51-12-48(3)18-28(51)45-35(39)47-30(18)55/h9-15,19-24,31-33,52-53H,5-8H2,1-4H3,(H11-,37,38,39,40,41,44,45,46,47,54,55,56,57,58,59,60,61,62,63)/p+1/t14-,15-,19?,20?,21+,22+,23?,24-,31-,32-,33-,36-/m1/s1. The molecule has 6 aromatic heterocycles. The van der Waals surface area contributed by atoms with Crippen LogP contribution in [-0.2, 0) is 80.4 Å². The van der Waals surface area contributed by atoms with Crippen molar-refractivity contribution in [1.82, 2.24) is 53.6 Å². The van der Waals surface area contributed by atoms with E-state index in [9.17, 15) is 57.6 Å². The minimum Gasteiger partial charge on any atom is -0.386 e. The lowest BCUT2D eigenvalue weighted by Gasteiger charge is -2.32. The molecule has 4 aliphatic rings. The summed E-state index contributed by atoms with van der Waals surface area (Å²) in [6, 6.07) is 0. The number of methoxy groups -OCH3 is 1. The SMILES string of the molecule is CO[C@@H]1C(O)[C@H]([n+]2cn(C)c3c(=O)[nH]c(N)nc32)O[C@@H]1COP(=O)(O)OP(=O)(O)OP(=O)(O)OC[C@@]12COC([C@H](n3cnc4c(N)ncnc43)O1)[C@H]2OP(=O)(O)OC[C@H]1O[C@@H](n2cnc3c(=O)[nH]c(N)nc32)C(O)[C@H]1OC(C)C. The number of anilines is 3. The fourth-order valence-corrected chi connectivity index (χ4v) is 14.0. The van der Waals surface area contributed by atoms with E-state index in [0.29, 0.717) is 0 Å². The van der Waals surface area contributed by atoms with Crippen LogP contribution in [0.5, 0.6) is 0 Å². The normalized spacial score (nSPS) is 31.1. The van der Waals surface area contributed by atoms with Crippen LogP contribution in [0, 0.1) is 0 Å². The number of H-pyrrole nitrogens is 2. The molecule has 2 bridgehead atoms. The largest absolute Gasteiger partial charge is 0.490 e. The fraction of sp³-hybridized carbons (Fsp3) is 0.583. The number of nitrogens with one attached hydrogen (secondary N) is 2. The smallest absolute Gasteiger partial charge is 0.386 e. The molecule has 0 aromatic carbocycles. The fourth-order valence-electron chi connectivity index (χ4n) is 9.48. The van der Waals surface area contributed by atoms with E-state index in [1.54, 1.807) is 13.8 Å². The minimum absolute atomic E-state index is 0.0267. The maximum absolute atomic E-state index is 14.0. The number of aliphatic hydroxyl groups excluding tert-OH is 2. The molecular formula is C36H50N15O24P4+. The summed E-state index contributed by atoms with van der Waals surface area (Å²) in [5.41, 5.74) is 13.8. The summed E-state index contributed by atoms with van der Waals surface area (Å²) in [6.45, 7) is -0.464. The van der Waals surface area contributed by atoms with Crippen LogP contribution in [0.2, 0.25) is 0 Å². The maximum Gasteiger partial charge on any atom is 0.490 e. The molecule has 4 fully saturated rings. The first kappa shape index (κ1) is 57.1. The van der Waals surface area contributed by atoms with Gasteiger partial charge in [0, 0.05) is 7.11 Å². The molecule has 16 atom stereocenters. The number of rotatable bonds is 21. The molecule has 0 radical (unpaired) electrons. The second-order valence-electron chi connectivity index (χ2n) is 18.4. The summed E-state index contributed by atoms with van der Waals surface area (Å²) in [6.07, 6.45) is -11.7. The highest BCUT2D eigenvalue weighted by molar-refractivity contribution is 7.66. The number of hydrogen-bond acceptors (Lipinski definition) is 29. The first-order valence-corrected chi connectivity index (χ1v) is 29.0. The van der Waals surface area contributed by atoms with Crippen molar-refractivity contribution in [3.8, 4) is 0 Å². The van der Waals surface area contributed by atoms with E-state index >= 15 is 0 Å². The van der Waals surface area contributed by atoms with Gasteiger partial charge in [-0.05, 0) is 13.8 Å². The van der Waals surface area contributed by atoms with E-state index in [0.717, 1.165) is 19.8 Å². The van der Waals surface area contributed by atoms with Crippen LogP contribution in [0.15, 0.2) is 34.9 Å². The van der Waals surface area contributed by atoms with E-state index in [-0.39, 0.29) is 51.2 Å². The lowest BCUT2D eigenvalue weighted by Crippen LogP contribution is -2.46. The van der Waals surface area contributed by atoms with Crippen LogP contribution >= 0.6 is 31.3 Å². The van der Waals surface area contributed by atoms with E-state index in [1.807, 2.05) is 0 Å². The molecule has 6 aromatic rings. The number of fused-ring (bicyclic) bond motifs is 5. The van der Waals surface area contributed by atoms with Gasteiger partial charge in [0.05, 0.1) is 52.2 Å². The predicted molar refractivity (Wildman–Crippen MR) is 256 cm³/mol. The van der Waals surface area contributed by atoms with Gasteiger partial charge in [-0.2, -0.15) is 13.6 Å². The Labute approximate surface area is 439 Å². The Morgan fingerprint density at radius 2 is 1.43 bits per heavy atom. The van der Waals surface area contributed by atoms with Gasteiger partial charge in [-0.1, -0.05) is 4.98 Å². The van der Waals surface area contributed by atoms with Crippen molar-refractivity contribution in [3.05, 3.63) is 46.0 Å². The summed E-state index contributed by atoms with van der Waals surface area (Å²) in [7, 11) is -20.7. The number of imidazole rings is 3. The highest BCUT2D eigenvalue weighted by Gasteiger charge is 2.66. The molecule has 0 amide bonds. The second-order valence-corrected chi connectivity index (χ2v) is 24.4. The van der Waals surface area contributed by atoms with Gasteiger partial charge < -0.3 is 75.4 Å². The number of aromatic nitrogens is 12. The van der Waals surface area contributed by atoms with E-state index in [2.05, 4.69) is 48.5 Å². The number of nitrogens with two attached hydrogens (primary N) is 3. The summed E-state index contributed by atoms with van der Waals surface area (Å²) < 4.78 is 124. The van der Waals surface area contributed by atoms with Gasteiger partial charge >= 0.3 is 36.9 Å². The molecule has 43 heteroatoms. The van der Waals surface area contributed by atoms with Crippen LogP contribution in [0.25, 0.3) is 33.5 Å². The van der Waals surface area contributed by atoms with Gasteiger partial charge in [0.2, 0.25) is 17.7 Å². The zero-order valence-corrected chi connectivity index (χ0v) is 44.7. The van der Waals surface area contributed by atoms with Crippen LogP contribution in [0.4, 0.5) is 17.7 Å². The second kappa shape index (κ2) is 21.0. The van der Waals surface area contributed by atoms with Crippen molar-refractivity contribution in [1.29, 1.82) is 0 Å². The molecule has 0 saturated carbocycles. The number of nitrogens with zero attached hydrogens (tertiary/aromatic N) is 10. The van der Waals surface area contributed by atoms with Gasteiger partial charge in [-0.15, -0.1) is 0 Å². The monoisotopic (exact) mass is 1200 g/mol. The molecular weight excluding hydrogens is 1150 g/mol. The predicted octanol–water partition coefficient (Wildman–Crippen LogP) is -2.87. The Kier molecular flexibility index (Phi) is 15.2. The quantitative estimate of drug-likeness (QED) is 0.0255. The first-order chi connectivity index (χ1) is 37.1. The highest BCUT2D eigenvalue weighted by Crippen LogP contribution is 2.68. The lowest BCUT2D eigenvalue weighted by molar-refractivity contribution is -0.745. The third-order valence-electron chi connectivity index (χ3n) is 12.7. The Bertz CT molecular complexity index is 3640. The Morgan fingerprint density at radius 1 is 0.797 bits per heavy atom. The zero-order chi connectivity index (χ0) is 56.9. The van der Waals surface area contributed by atoms with Crippen molar-refractivity contribution in [3.63, 3.8) is 0 Å². The third kappa shape index (κ3) is 11.1. The molecule has 432 valence electrons. The van der Waals surface area contributed by atoms with Gasteiger partial charge in [0.1, 0.15) is 66.3 Å². The Morgan fingerprint density at radius 3 is 2.13 bits per heavy atom. The van der Waals surface area contributed by atoms with Crippen LogP contribution in [-0.4, -0.2) is 177 Å². The van der Waals surface area contributed by atoms with Gasteiger partial charge in [-0.3, -0.25) is 51.4 Å². The number of ether oxygens (including phenoxy) is 6. The Balaban J connectivity index is 0.827. The molecule has 0 spiro atoms. The van der Waals surface area contributed by atoms with Gasteiger partial charge in [0.25, 0.3) is 17.1 Å². The average molecular weight is 1200 g/mol. The van der Waals surface area contributed by atoms with Crippen LogP contribution in [0.3, 0.4) is 0 Å². The number of hydrogen-bond donors (Lipinski definition) is 11. The van der Waals surface area contributed by atoms with Gasteiger partial charge in [0.15, 0.2) is 41.4 Å². The molecule has 10 rings (SSSR count). The van der Waals surface area contributed by atoms with E-state index in [1.165, 1.54) is 38.0 Å². The number of phosphoric ester groups is 3. The van der Waals surface area contributed by atoms with Crippen molar-refractivity contribution in [2.75, 3.05) is 50.7 Å². The summed E-state index contributed by atoms with van der Waals surface area (Å²) in [4.78, 5) is 97.3. The maximum atomic E-state index is 14.0. The summed E-state index contributed by atoms with van der Waals surface area (Å²) in [5, 5.41) is 22.6. The number of aliphatic hydroxyl groups is 2. The van der Waals surface area contributed by atoms with Crippen molar-refractivity contribution in [2.45, 2.75) is 93.1 Å². The van der Waals surface area contributed by atoms with Crippen molar-refractivity contribution in [2.24, 2.45) is 7.05 Å². The molecule has 79 heavy (non-hydrogen) atoms. The first-order valence-electron chi connectivity index (χ1n) is 23.0. The third-order valence-corrected chi connectivity index (χ3v) is 17.9. The van der Waals surface area contributed by atoms with Crippen LogP contribution < -0.4 is 32.9 Å². The van der Waals surface area contributed by atoms with E-state index < -0.39 is 148 Å². The molecule has 14 N–H and O–H groups in total. The highest BCUT2D eigenvalue weighted by atomic mass is 31.3. The minimum atomic E-state index is -6.19. The lowest BCUT2D eigenvalue weighted by atomic mass is 10.0. The zero-order valence-electron chi connectivity index (χ0n) is 41.1. The molecule has 7 unspecified atom stereocenters. The molecule has 4 saturated heterocycles. The van der Waals surface area contributed by atoms with Crippen molar-refractivity contribution >= 4 is 82.5 Å². The summed E-state index contributed by atoms with van der Waals surface area (Å²) in [5.74, 6) is -0.606. The van der Waals surface area contributed by atoms with Crippen molar-refractivity contribution < 1.29 is 108 Å². The van der Waals surface area contributed by atoms with E-state index in [4.69, 9.17) is 63.7 Å². The topological polar surface area (TPSA) is 540 Å². The summed E-state index contributed by atoms with van der Waals surface area (Å²) >= 11 is 0. The molecule has 39 nitrogen and oxygen atoms in total. The number of nitrogen functional groups attached to an aromatic ring is 3. The molecule has 4 aliphatic heterocycles.